The van der Waals surface area contributed by atoms with Crippen molar-refractivity contribution in [3.63, 3.8) is 0 Å². The number of alkyl halides is 2. The third-order valence-corrected chi connectivity index (χ3v) is 4.31. The number of ether oxygens (including phenoxy) is 1. The summed E-state index contributed by atoms with van der Waals surface area (Å²) < 4.78 is 52.3. The Bertz CT molecular complexity index is 863. The van der Waals surface area contributed by atoms with Crippen LogP contribution in [-0.2, 0) is 9.84 Å². The van der Waals surface area contributed by atoms with E-state index in [2.05, 4.69) is 0 Å². The highest BCUT2D eigenvalue weighted by molar-refractivity contribution is 7.91. The van der Waals surface area contributed by atoms with Gasteiger partial charge in [-0.05, 0) is 36.4 Å². The van der Waals surface area contributed by atoms with Crippen LogP contribution >= 0.6 is 0 Å². The van der Waals surface area contributed by atoms with Gasteiger partial charge in [0.1, 0.15) is 5.75 Å². The predicted molar refractivity (Wildman–Crippen MR) is 77.7 cm³/mol. The van der Waals surface area contributed by atoms with Crippen molar-refractivity contribution in [2.75, 3.05) is 0 Å². The molecule has 2 aromatic rings. The standard InChI is InChI=1S/C14H9F2NO6S/c15-14(16)24(21,22)12-7-1-9(2-8-12)13(18)23-11-5-3-10(4-6-11)17(19)20/h1-8,14H. The van der Waals surface area contributed by atoms with Crippen molar-refractivity contribution in [1.29, 1.82) is 0 Å². The SMILES string of the molecule is O=C(Oc1ccc([N+](=O)[O-])cc1)c1ccc(S(=O)(=O)C(F)F)cc1. The zero-order chi connectivity index (χ0) is 17.9. The molecule has 7 nitrogen and oxygen atoms in total. The van der Waals surface area contributed by atoms with Gasteiger partial charge in [0.15, 0.2) is 0 Å². The molecule has 10 heteroatoms. The van der Waals surface area contributed by atoms with E-state index in [1.54, 1.807) is 0 Å². The van der Waals surface area contributed by atoms with E-state index in [0.29, 0.717) is 0 Å². The molecule has 0 saturated carbocycles. The minimum absolute atomic E-state index is 0.0369. The van der Waals surface area contributed by atoms with E-state index >= 15 is 0 Å². The molecule has 126 valence electrons. The molecule has 24 heavy (non-hydrogen) atoms. The molecule has 0 N–H and O–H groups in total. The fourth-order valence-electron chi connectivity index (χ4n) is 1.69. The van der Waals surface area contributed by atoms with Crippen LogP contribution in [0.5, 0.6) is 5.75 Å². The van der Waals surface area contributed by atoms with Gasteiger partial charge in [0.2, 0.25) is 9.84 Å². The molecular weight excluding hydrogens is 348 g/mol. The van der Waals surface area contributed by atoms with Crippen LogP contribution in [-0.4, -0.2) is 25.1 Å². The van der Waals surface area contributed by atoms with E-state index < -0.39 is 31.4 Å². The monoisotopic (exact) mass is 357 g/mol. The Morgan fingerprint density at radius 1 is 1.04 bits per heavy atom. The first-order chi connectivity index (χ1) is 11.2. The van der Waals surface area contributed by atoms with E-state index in [1.807, 2.05) is 0 Å². The molecule has 0 heterocycles. The van der Waals surface area contributed by atoms with Crippen molar-refractivity contribution in [1.82, 2.24) is 0 Å². The Morgan fingerprint density at radius 3 is 2.04 bits per heavy atom. The zero-order valence-electron chi connectivity index (χ0n) is 11.8. The lowest BCUT2D eigenvalue weighted by atomic mass is 10.2. The number of non-ortho nitro benzene ring substituents is 1. The summed E-state index contributed by atoms with van der Waals surface area (Å²) in [5.74, 6) is -4.39. The van der Waals surface area contributed by atoms with Crippen molar-refractivity contribution in [2.24, 2.45) is 0 Å². The lowest BCUT2D eigenvalue weighted by molar-refractivity contribution is -0.384. The van der Waals surface area contributed by atoms with Crippen molar-refractivity contribution < 1.29 is 31.7 Å². The van der Waals surface area contributed by atoms with Gasteiger partial charge >= 0.3 is 11.7 Å². The molecule has 0 saturated heterocycles. The maximum atomic E-state index is 12.4. The third kappa shape index (κ3) is 3.71. The minimum Gasteiger partial charge on any atom is -0.423 e. The molecule has 0 amide bonds. The van der Waals surface area contributed by atoms with Crippen LogP contribution < -0.4 is 4.74 Å². The fraction of sp³-hybridized carbons (Fsp3) is 0.0714. The Balaban J connectivity index is 2.14. The number of rotatable bonds is 5. The summed E-state index contributed by atoms with van der Waals surface area (Å²) in [6.07, 6.45) is 0. The van der Waals surface area contributed by atoms with E-state index in [-0.39, 0.29) is 17.0 Å². The van der Waals surface area contributed by atoms with Crippen LogP contribution in [0.2, 0.25) is 0 Å². The molecule has 0 unspecified atom stereocenters. The first-order valence-corrected chi connectivity index (χ1v) is 7.85. The number of carbonyl (C=O) groups excluding carboxylic acids is 1. The van der Waals surface area contributed by atoms with Crippen LogP contribution in [0.25, 0.3) is 0 Å². The molecule has 2 aromatic carbocycles. The Labute approximate surface area is 134 Å². The van der Waals surface area contributed by atoms with Gasteiger partial charge in [-0.25, -0.2) is 13.2 Å². The van der Waals surface area contributed by atoms with Crippen LogP contribution in [0.3, 0.4) is 0 Å². The summed E-state index contributed by atoms with van der Waals surface area (Å²) in [6.45, 7) is 0. The number of carbonyl (C=O) groups is 1. The zero-order valence-corrected chi connectivity index (χ0v) is 12.6. The summed E-state index contributed by atoms with van der Waals surface area (Å²) in [5, 5.41) is 10.5. The molecule has 0 aliphatic carbocycles. The summed E-state index contributed by atoms with van der Waals surface area (Å²) in [7, 11) is -4.74. The number of nitro groups is 1. The van der Waals surface area contributed by atoms with E-state index in [9.17, 15) is 32.1 Å². The summed E-state index contributed by atoms with van der Waals surface area (Å²) >= 11 is 0. The Kier molecular flexibility index (Phi) is 4.88. The molecule has 0 atom stereocenters. The van der Waals surface area contributed by atoms with Gasteiger partial charge < -0.3 is 4.74 Å². The second kappa shape index (κ2) is 6.71. The molecule has 0 bridgehead atoms. The number of esters is 1. The molecule has 0 spiro atoms. The van der Waals surface area contributed by atoms with Crippen molar-refractivity contribution >= 4 is 21.5 Å². The fourth-order valence-corrected chi connectivity index (χ4v) is 2.41. The second-order valence-electron chi connectivity index (χ2n) is 4.47. The Hall–Kier alpha value is -2.88. The van der Waals surface area contributed by atoms with E-state index in [1.165, 1.54) is 12.1 Å². The summed E-state index contributed by atoms with van der Waals surface area (Å²) in [5.41, 5.74) is -0.252. The second-order valence-corrected chi connectivity index (χ2v) is 6.39. The highest BCUT2D eigenvalue weighted by atomic mass is 32.2. The van der Waals surface area contributed by atoms with Crippen LogP contribution in [0.1, 0.15) is 10.4 Å². The van der Waals surface area contributed by atoms with Crippen molar-refractivity contribution in [2.45, 2.75) is 10.7 Å². The number of nitrogens with zero attached hydrogens (tertiary/aromatic N) is 1. The molecule has 0 aromatic heterocycles. The normalized spacial score (nSPS) is 11.3. The van der Waals surface area contributed by atoms with Gasteiger partial charge in [0.25, 0.3) is 5.69 Å². The molecule has 0 aliphatic heterocycles. The van der Waals surface area contributed by atoms with Gasteiger partial charge in [0, 0.05) is 12.1 Å². The minimum atomic E-state index is -4.74. The van der Waals surface area contributed by atoms with Gasteiger partial charge in [-0.1, -0.05) is 0 Å². The van der Waals surface area contributed by atoms with Crippen LogP contribution in [0, 0.1) is 10.1 Å². The number of hydrogen-bond donors (Lipinski definition) is 0. The van der Waals surface area contributed by atoms with Gasteiger partial charge in [-0.2, -0.15) is 8.78 Å². The van der Waals surface area contributed by atoms with Crippen LogP contribution in [0.4, 0.5) is 14.5 Å². The molecule has 0 fully saturated rings. The smallest absolute Gasteiger partial charge is 0.343 e. The van der Waals surface area contributed by atoms with E-state index in [0.717, 1.165) is 36.4 Å². The van der Waals surface area contributed by atoms with Gasteiger partial charge in [-0.15, -0.1) is 0 Å². The quantitative estimate of drug-likeness (QED) is 0.353. The maximum absolute atomic E-state index is 12.4. The highest BCUT2D eigenvalue weighted by Crippen LogP contribution is 2.21. The average Bonchev–Trinajstić information content (AvgIpc) is 2.55. The number of halogens is 2. The highest BCUT2D eigenvalue weighted by Gasteiger charge is 2.26. The number of benzene rings is 2. The average molecular weight is 357 g/mol. The maximum Gasteiger partial charge on any atom is 0.343 e. The first-order valence-electron chi connectivity index (χ1n) is 6.30. The Morgan fingerprint density at radius 2 is 1.58 bits per heavy atom. The first kappa shape index (κ1) is 17.5. The van der Waals surface area contributed by atoms with E-state index in [4.69, 9.17) is 4.74 Å². The topological polar surface area (TPSA) is 104 Å². The van der Waals surface area contributed by atoms with Gasteiger partial charge in [0.05, 0.1) is 15.4 Å². The largest absolute Gasteiger partial charge is 0.423 e. The van der Waals surface area contributed by atoms with Crippen LogP contribution in [0.15, 0.2) is 53.4 Å². The number of sulfone groups is 1. The summed E-state index contributed by atoms with van der Waals surface area (Å²) in [4.78, 5) is 21.1. The number of nitro benzene ring substituents is 1. The molecule has 0 aliphatic rings. The molecular formula is C14H9F2NO6S. The van der Waals surface area contributed by atoms with Gasteiger partial charge in [-0.3, -0.25) is 10.1 Å². The van der Waals surface area contributed by atoms with Crippen molar-refractivity contribution in [3.8, 4) is 5.75 Å². The lowest BCUT2D eigenvalue weighted by Crippen LogP contribution is -2.12. The third-order valence-electron chi connectivity index (χ3n) is 2.91. The molecule has 2 rings (SSSR count). The predicted octanol–water partition coefficient (Wildman–Crippen LogP) is 2.81. The molecule has 0 radical (unpaired) electrons. The lowest BCUT2D eigenvalue weighted by Gasteiger charge is -2.06. The summed E-state index contributed by atoms with van der Waals surface area (Å²) in [6, 6.07) is 8.51. The van der Waals surface area contributed by atoms with Crippen molar-refractivity contribution in [3.05, 3.63) is 64.2 Å². The number of hydrogen-bond acceptors (Lipinski definition) is 6.